The Morgan fingerprint density at radius 2 is 1.98 bits per heavy atom. The normalized spacial score (nSPS) is 17.0. The molecule has 2 atom stereocenters. The summed E-state index contributed by atoms with van der Waals surface area (Å²) in [6.45, 7) is 11.7. The lowest BCUT2D eigenvalue weighted by molar-refractivity contribution is -0.111. The van der Waals surface area contributed by atoms with Gasteiger partial charge in [0.2, 0.25) is 11.9 Å². The van der Waals surface area contributed by atoms with E-state index >= 15 is 0 Å². The van der Waals surface area contributed by atoms with Gasteiger partial charge < -0.3 is 36.0 Å². The number of anilines is 6. The molecule has 1 aliphatic heterocycles. The number of halogens is 2. The highest BCUT2D eigenvalue weighted by Crippen LogP contribution is 2.38. The number of carbonyl (C=O) groups excluding carboxylic acids is 1. The van der Waals surface area contributed by atoms with E-state index < -0.39 is 11.4 Å². The summed E-state index contributed by atoms with van der Waals surface area (Å²) in [4.78, 5) is 23.4. The number of amides is 1. The van der Waals surface area contributed by atoms with Crippen molar-refractivity contribution in [1.29, 1.82) is 0 Å². The SMILES string of the molecule is C=CC(=O)Nc1cc(Nc2nccc(Nc3cc(Cl)c(F)cc3C(C)(C)O)n2)c(OC)cc1NC[C@@H]1CN(C)C[C@@H]1C. The third kappa shape index (κ3) is 7.47. The molecule has 0 saturated carbocycles. The number of rotatable bonds is 11. The second-order valence-corrected chi connectivity index (χ2v) is 11.4. The number of aliphatic hydroxyl groups is 1. The predicted octanol–water partition coefficient (Wildman–Crippen LogP) is 5.73. The smallest absolute Gasteiger partial charge is 0.247 e. The van der Waals surface area contributed by atoms with E-state index in [0.29, 0.717) is 51.7 Å². The van der Waals surface area contributed by atoms with Gasteiger partial charge in [0, 0.05) is 43.1 Å². The molecule has 0 spiro atoms. The second kappa shape index (κ2) is 12.9. The Hall–Kier alpha value is -3.93. The second-order valence-electron chi connectivity index (χ2n) is 11.0. The van der Waals surface area contributed by atoms with Gasteiger partial charge in [0.25, 0.3) is 0 Å². The topological polar surface area (TPSA) is 124 Å². The maximum atomic E-state index is 14.2. The molecule has 1 saturated heterocycles. The summed E-state index contributed by atoms with van der Waals surface area (Å²) in [5.74, 6) is 1.10. The van der Waals surface area contributed by atoms with Gasteiger partial charge in [-0.2, -0.15) is 4.98 Å². The van der Waals surface area contributed by atoms with Crippen LogP contribution in [0.3, 0.4) is 0 Å². The van der Waals surface area contributed by atoms with Crippen molar-refractivity contribution < 1.29 is 19.0 Å². The van der Waals surface area contributed by atoms with Crippen LogP contribution in [0.15, 0.2) is 49.2 Å². The van der Waals surface area contributed by atoms with Crippen LogP contribution in [-0.4, -0.2) is 59.7 Å². The van der Waals surface area contributed by atoms with Crippen LogP contribution in [0.2, 0.25) is 5.02 Å². The van der Waals surface area contributed by atoms with E-state index in [1.165, 1.54) is 24.4 Å². The molecule has 1 aromatic heterocycles. The fraction of sp³-hybridized carbons (Fsp3) is 0.367. The van der Waals surface area contributed by atoms with Gasteiger partial charge in [-0.25, -0.2) is 9.37 Å². The zero-order valence-electron chi connectivity index (χ0n) is 24.4. The molecule has 2 aromatic carbocycles. The van der Waals surface area contributed by atoms with Gasteiger partial charge >= 0.3 is 0 Å². The molecule has 1 fully saturated rings. The molecule has 2 heterocycles. The van der Waals surface area contributed by atoms with Crippen LogP contribution in [0.5, 0.6) is 5.75 Å². The van der Waals surface area contributed by atoms with Crippen molar-refractivity contribution in [3.05, 3.63) is 65.6 Å². The molecule has 0 aliphatic carbocycles. The van der Waals surface area contributed by atoms with Crippen LogP contribution < -0.4 is 26.0 Å². The number of hydrogen-bond donors (Lipinski definition) is 5. The average Bonchev–Trinajstić information content (AvgIpc) is 3.25. The molecule has 0 unspecified atom stereocenters. The van der Waals surface area contributed by atoms with Crippen LogP contribution in [0.25, 0.3) is 0 Å². The minimum atomic E-state index is -1.34. The Labute approximate surface area is 250 Å². The molecule has 10 nitrogen and oxygen atoms in total. The average molecular weight is 598 g/mol. The maximum absolute atomic E-state index is 14.2. The van der Waals surface area contributed by atoms with E-state index in [-0.39, 0.29) is 16.9 Å². The van der Waals surface area contributed by atoms with E-state index in [2.05, 4.69) is 56.7 Å². The summed E-state index contributed by atoms with van der Waals surface area (Å²) in [5, 5.41) is 23.1. The van der Waals surface area contributed by atoms with Crippen LogP contribution in [0.1, 0.15) is 26.3 Å². The van der Waals surface area contributed by atoms with Gasteiger partial charge in [-0.3, -0.25) is 4.79 Å². The molecule has 1 aliphatic rings. The molecule has 0 bridgehead atoms. The van der Waals surface area contributed by atoms with Gasteiger partial charge in [-0.15, -0.1) is 0 Å². The lowest BCUT2D eigenvalue weighted by Gasteiger charge is -2.23. The number of benzene rings is 2. The van der Waals surface area contributed by atoms with E-state index in [4.69, 9.17) is 16.3 Å². The summed E-state index contributed by atoms with van der Waals surface area (Å²) in [6, 6.07) is 7.76. The summed E-state index contributed by atoms with van der Waals surface area (Å²) in [7, 11) is 3.67. The van der Waals surface area contributed by atoms with Crippen molar-refractivity contribution in [2.75, 3.05) is 55.1 Å². The van der Waals surface area contributed by atoms with Crippen molar-refractivity contribution in [2.45, 2.75) is 26.4 Å². The molecule has 1 amide bonds. The third-order valence-electron chi connectivity index (χ3n) is 7.17. The van der Waals surface area contributed by atoms with Crippen molar-refractivity contribution >= 4 is 52.0 Å². The van der Waals surface area contributed by atoms with Crippen molar-refractivity contribution in [3.63, 3.8) is 0 Å². The fourth-order valence-electron chi connectivity index (χ4n) is 4.99. The van der Waals surface area contributed by atoms with E-state index in [9.17, 15) is 14.3 Å². The fourth-order valence-corrected chi connectivity index (χ4v) is 5.15. The first-order valence-electron chi connectivity index (χ1n) is 13.5. The zero-order valence-corrected chi connectivity index (χ0v) is 25.1. The number of methoxy groups -OCH3 is 1. The molecular formula is C30H37ClFN7O3. The number of carbonyl (C=O) groups is 1. The zero-order chi connectivity index (χ0) is 30.6. The van der Waals surface area contributed by atoms with Gasteiger partial charge in [-0.05, 0) is 63.1 Å². The number of aromatic nitrogens is 2. The molecule has 224 valence electrons. The van der Waals surface area contributed by atoms with Crippen molar-refractivity contribution in [1.82, 2.24) is 14.9 Å². The number of nitrogens with zero attached hydrogens (tertiary/aromatic N) is 3. The molecule has 4 rings (SSSR count). The van der Waals surface area contributed by atoms with Crippen LogP contribution in [0.4, 0.5) is 38.9 Å². The first-order valence-corrected chi connectivity index (χ1v) is 13.9. The highest BCUT2D eigenvalue weighted by atomic mass is 35.5. The molecular weight excluding hydrogens is 561 g/mol. The molecule has 5 N–H and O–H groups in total. The monoisotopic (exact) mass is 597 g/mol. The number of likely N-dealkylation sites (tertiary alicyclic amines) is 1. The Morgan fingerprint density at radius 3 is 2.62 bits per heavy atom. The summed E-state index contributed by atoms with van der Waals surface area (Å²) < 4.78 is 19.8. The van der Waals surface area contributed by atoms with Gasteiger partial charge in [0.15, 0.2) is 0 Å². The van der Waals surface area contributed by atoms with Gasteiger partial charge in [0.05, 0.1) is 34.8 Å². The first-order chi connectivity index (χ1) is 19.9. The quantitative estimate of drug-likeness (QED) is 0.176. The molecule has 0 radical (unpaired) electrons. The minimum absolute atomic E-state index is 0.0974. The molecule has 42 heavy (non-hydrogen) atoms. The van der Waals surface area contributed by atoms with Crippen molar-refractivity contribution in [2.24, 2.45) is 11.8 Å². The van der Waals surface area contributed by atoms with E-state index in [1.54, 1.807) is 33.1 Å². The van der Waals surface area contributed by atoms with E-state index in [0.717, 1.165) is 19.6 Å². The standard InChI is InChI=1S/C30H37ClFN7O3/c1-7-28(40)36-24-12-25(26(42-6)13-23(24)34-14-18-16-39(5)15-17(18)2)37-29-33-9-8-27(38-29)35-22-11-20(31)21(32)10-19(22)30(3,4)41/h7-13,17-18,34,41H,1,14-16H2,2-6H3,(H,36,40)(H2,33,35,37,38)/t17-,18+/m0/s1. The summed E-state index contributed by atoms with van der Waals surface area (Å²) in [6.07, 6.45) is 2.74. The lowest BCUT2D eigenvalue weighted by Crippen LogP contribution is -2.22. The third-order valence-corrected chi connectivity index (χ3v) is 7.46. The predicted molar refractivity (Wildman–Crippen MR) is 166 cm³/mol. The number of ether oxygens (including phenoxy) is 1. The summed E-state index contributed by atoms with van der Waals surface area (Å²) >= 11 is 6.02. The Balaban J connectivity index is 1.61. The van der Waals surface area contributed by atoms with Gasteiger partial charge in [-0.1, -0.05) is 25.1 Å². The van der Waals surface area contributed by atoms with Crippen LogP contribution in [0, 0.1) is 17.7 Å². The molecule has 12 heteroatoms. The first kappa shape index (κ1) is 31.0. The minimum Gasteiger partial charge on any atom is -0.494 e. The maximum Gasteiger partial charge on any atom is 0.247 e. The van der Waals surface area contributed by atoms with Crippen LogP contribution in [-0.2, 0) is 10.4 Å². The Morgan fingerprint density at radius 1 is 1.21 bits per heavy atom. The van der Waals surface area contributed by atoms with Crippen LogP contribution >= 0.6 is 11.6 Å². The molecule has 3 aromatic rings. The van der Waals surface area contributed by atoms with Crippen molar-refractivity contribution in [3.8, 4) is 5.75 Å². The Bertz CT molecular complexity index is 1460. The number of hydrogen-bond acceptors (Lipinski definition) is 9. The summed E-state index contributed by atoms with van der Waals surface area (Å²) in [5.41, 5.74) is 1.11. The van der Waals surface area contributed by atoms with E-state index in [1.807, 2.05) is 6.07 Å². The highest BCUT2D eigenvalue weighted by molar-refractivity contribution is 6.31. The lowest BCUT2D eigenvalue weighted by atomic mass is 9.96. The number of nitrogens with one attached hydrogen (secondary N) is 4. The largest absolute Gasteiger partial charge is 0.494 e. The van der Waals surface area contributed by atoms with Gasteiger partial charge in [0.1, 0.15) is 17.4 Å². The Kier molecular flexibility index (Phi) is 9.55. The highest BCUT2D eigenvalue weighted by Gasteiger charge is 2.27.